The summed E-state index contributed by atoms with van der Waals surface area (Å²) in [6.07, 6.45) is 3.03. The molecule has 132 valence electrons. The summed E-state index contributed by atoms with van der Waals surface area (Å²) in [7, 11) is 0. The number of hydrogen-bond acceptors (Lipinski definition) is 2. The van der Waals surface area contributed by atoms with Crippen molar-refractivity contribution in [1.29, 1.82) is 0 Å². The van der Waals surface area contributed by atoms with Crippen molar-refractivity contribution in [3.8, 4) is 0 Å². The average molecular weight is 355 g/mol. The highest BCUT2D eigenvalue weighted by Gasteiger charge is 2.35. The van der Waals surface area contributed by atoms with E-state index in [4.69, 9.17) is 11.6 Å². The Morgan fingerprint density at radius 3 is 2.72 bits per heavy atom. The molecule has 0 saturated heterocycles. The van der Waals surface area contributed by atoms with Crippen LogP contribution in [-0.4, -0.2) is 18.3 Å². The van der Waals surface area contributed by atoms with Gasteiger partial charge in [-0.25, -0.2) is 0 Å². The standard InChI is InChI=1S/C22H27ClN2/c1-6-25-21-12-20(23)17(11-19(21)16(3)13-22(25,4)5)14-24-18-9-7-8-15(2)10-18/h7-12,14,16H,6,13H2,1-5H3. The average Bonchev–Trinajstić information content (AvgIpc) is 2.53. The number of aryl methyl sites for hydroxylation is 1. The van der Waals surface area contributed by atoms with E-state index >= 15 is 0 Å². The van der Waals surface area contributed by atoms with Crippen molar-refractivity contribution in [2.24, 2.45) is 4.99 Å². The van der Waals surface area contributed by atoms with Gasteiger partial charge in [-0.2, -0.15) is 0 Å². The summed E-state index contributed by atoms with van der Waals surface area (Å²) in [6.45, 7) is 12.2. The van der Waals surface area contributed by atoms with Gasteiger partial charge in [-0.1, -0.05) is 30.7 Å². The van der Waals surface area contributed by atoms with Gasteiger partial charge in [0.05, 0.1) is 10.7 Å². The van der Waals surface area contributed by atoms with E-state index in [0.717, 1.165) is 29.2 Å². The Morgan fingerprint density at radius 1 is 1.28 bits per heavy atom. The largest absolute Gasteiger partial charge is 0.366 e. The second-order valence-electron chi connectivity index (χ2n) is 7.69. The van der Waals surface area contributed by atoms with Crippen molar-refractivity contribution < 1.29 is 0 Å². The first kappa shape index (κ1) is 18.0. The lowest BCUT2D eigenvalue weighted by Crippen LogP contribution is -2.48. The minimum absolute atomic E-state index is 0.154. The molecule has 1 aliphatic heterocycles. The van der Waals surface area contributed by atoms with Crippen LogP contribution in [0.5, 0.6) is 0 Å². The molecule has 25 heavy (non-hydrogen) atoms. The fourth-order valence-corrected chi connectivity index (χ4v) is 4.28. The number of halogens is 1. The Hall–Kier alpha value is -1.80. The highest BCUT2D eigenvalue weighted by molar-refractivity contribution is 6.33. The van der Waals surface area contributed by atoms with E-state index in [2.05, 4.69) is 68.8 Å². The van der Waals surface area contributed by atoms with E-state index in [9.17, 15) is 0 Å². The lowest BCUT2D eigenvalue weighted by molar-refractivity contribution is 0.381. The molecule has 3 heteroatoms. The molecular weight excluding hydrogens is 328 g/mol. The van der Waals surface area contributed by atoms with Crippen LogP contribution in [0, 0.1) is 6.92 Å². The summed E-state index contributed by atoms with van der Waals surface area (Å²) >= 11 is 6.60. The number of fused-ring (bicyclic) bond motifs is 1. The third-order valence-corrected chi connectivity index (χ3v) is 5.50. The molecule has 0 amide bonds. The van der Waals surface area contributed by atoms with Crippen LogP contribution in [0.1, 0.15) is 56.7 Å². The Balaban J connectivity index is 2.00. The summed E-state index contributed by atoms with van der Waals surface area (Å²) in [6, 6.07) is 12.5. The summed E-state index contributed by atoms with van der Waals surface area (Å²) < 4.78 is 0. The predicted octanol–water partition coefficient (Wildman–Crippen LogP) is 6.51. The van der Waals surface area contributed by atoms with Crippen LogP contribution >= 0.6 is 11.6 Å². The van der Waals surface area contributed by atoms with Crippen LogP contribution in [-0.2, 0) is 0 Å². The van der Waals surface area contributed by atoms with Gasteiger partial charge >= 0.3 is 0 Å². The van der Waals surface area contributed by atoms with E-state index in [1.165, 1.54) is 16.8 Å². The number of benzene rings is 2. The molecule has 1 heterocycles. The first-order valence-electron chi connectivity index (χ1n) is 9.03. The summed E-state index contributed by atoms with van der Waals surface area (Å²) in [5.41, 5.74) is 5.95. The van der Waals surface area contributed by atoms with Gasteiger partial charge in [0, 0.05) is 29.5 Å². The maximum atomic E-state index is 6.60. The fraction of sp³-hybridized carbons (Fsp3) is 0.409. The van der Waals surface area contributed by atoms with Gasteiger partial charge in [0.25, 0.3) is 0 Å². The second kappa shape index (κ2) is 6.84. The highest BCUT2D eigenvalue weighted by Crippen LogP contribution is 2.44. The van der Waals surface area contributed by atoms with Crippen LogP contribution in [0.2, 0.25) is 5.02 Å². The summed E-state index contributed by atoms with van der Waals surface area (Å²) in [5.74, 6) is 0.510. The molecule has 1 aliphatic rings. The Morgan fingerprint density at radius 2 is 2.04 bits per heavy atom. The van der Waals surface area contributed by atoms with Crippen molar-refractivity contribution in [2.45, 2.75) is 52.5 Å². The second-order valence-corrected chi connectivity index (χ2v) is 8.10. The highest BCUT2D eigenvalue weighted by atomic mass is 35.5. The van der Waals surface area contributed by atoms with Gasteiger partial charge in [-0.05, 0) is 75.4 Å². The molecule has 0 spiro atoms. The van der Waals surface area contributed by atoms with Crippen molar-refractivity contribution in [2.75, 3.05) is 11.4 Å². The smallest absolute Gasteiger partial charge is 0.0632 e. The van der Waals surface area contributed by atoms with Gasteiger partial charge < -0.3 is 4.90 Å². The molecule has 0 radical (unpaired) electrons. The van der Waals surface area contributed by atoms with E-state index in [1.54, 1.807) is 0 Å². The topological polar surface area (TPSA) is 15.6 Å². The monoisotopic (exact) mass is 354 g/mol. The summed E-state index contributed by atoms with van der Waals surface area (Å²) in [4.78, 5) is 7.08. The molecule has 0 saturated carbocycles. The third-order valence-electron chi connectivity index (χ3n) is 5.17. The van der Waals surface area contributed by atoms with Crippen LogP contribution in [0.3, 0.4) is 0 Å². The lowest BCUT2D eigenvalue weighted by Gasteiger charge is -2.47. The SMILES string of the molecule is CCN1c2cc(Cl)c(C=Nc3cccc(C)c3)cc2C(C)CC1(C)C. The molecule has 0 N–H and O–H groups in total. The van der Waals surface area contributed by atoms with Crippen LogP contribution in [0.25, 0.3) is 0 Å². The lowest BCUT2D eigenvalue weighted by atomic mass is 9.79. The minimum atomic E-state index is 0.154. The number of nitrogens with zero attached hydrogens (tertiary/aromatic N) is 2. The number of hydrogen-bond donors (Lipinski definition) is 0. The maximum absolute atomic E-state index is 6.60. The van der Waals surface area contributed by atoms with Gasteiger partial charge in [0.1, 0.15) is 0 Å². The van der Waals surface area contributed by atoms with E-state index in [0.29, 0.717) is 5.92 Å². The normalized spacial score (nSPS) is 19.3. The molecule has 0 fully saturated rings. The fourth-order valence-electron chi connectivity index (χ4n) is 4.07. The molecule has 2 aromatic rings. The quantitative estimate of drug-likeness (QED) is 0.573. The molecule has 0 aliphatic carbocycles. The van der Waals surface area contributed by atoms with Crippen LogP contribution in [0.4, 0.5) is 11.4 Å². The Bertz CT molecular complexity index is 808. The molecule has 0 bridgehead atoms. The number of rotatable bonds is 3. The van der Waals surface area contributed by atoms with Crippen molar-refractivity contribution in [3.63, 3.8) is 0 Å². The van der Waals surface area contributed by atoms with E-state index in [-0.39, 0.29) is 5.54 Å². The first-order chi connectivity index (χ1) is 11.8. The Labute approximate surface area is 156 Å². The minimum Gasteiger partial charge on any atom is -0.366 e. The predicted molar refractivity (Wildman–Crippen MR) is 110 cm³/mol. The zero-order chi connectivity index (χ0) is 18.2. The number of aliphatic imine (C=N–C) groups is 1. The zero-order valence-corrected chi connectivity index (χ0v) is 16.6. The molecule has 2 aromatic carbocycles. The molecule has 1 unspecified atom stereocenters. The van der Waals surface area contributed by atoms with Crippen molar-refractivity contribution in [1.82, 2.24) is 0 Å². The van der Waals surface area contributed by atoms with Crippen molar-refractivity contribution in [3.05, 3.63) is 58.1 Å². The van der Waals surface area contributed by atoms with Crippen LogP contribution < -0.4 is 4.90 Å². The number of anilines is 1. The molecular formula is C22H27ClN2. The maximum Gasteiger partial charge on any atom is 0.0632 e. The molecule has 0 aromatic heterocycles. The summed E-state index contributed by atoms with van der Waals surface area (Å²) in [5, 5.41) is 0.763. The van der Waals surface area contributed by atoms with Gasteiger partial charge in [-0.3, -0.25) is 4.99 Å². The van der Waals surface area contributed by atoms with Gasteiger partial charge in [0.15, 0.2) is 0 Å². The van der Waals surface area contributed by atoms with Crippen molar-refractivity contribution >= 4 is 29.2 Å². The van der Waals surface area contributed by atoms with Gasteiger partial charge in [0.2, 0.25) is 0 Å². The molecule has 2 nitrogen and oxygen atoms in total. The molecule has 3 rings (SSSR count). The first-order valence-corrected chi connectivity index (χ1v) is 9.41. The van der Waals surface area contributed by atoms with Gasteiger partial charge in [-0.15, -0.1) is 0 Å². The third kappa shape index (κ3) is 3.59. The zero-order valence-electron chi connectivity index (χ0n) is 15.8. The van der Waals surface area contributed by atoms with E-state index in [1.807, 2.05) is 18.3 Å². The van der Waals surface area contributed by atoms with E-state index < -0.39 is 0 Å². The molecule has 1 atom stereocenters. The Kier molecular flexibility index (Phi) is 4.92. The van der Waals surface area contributed by atoms with Crippen LogP contribution in [0.15, 0.2) is 41.4 Å².